The van der Waals surface area contributed by atoms with E-state index in [2.05, 4.69) is 5.32 Å². The molecule has 1 fully saturated rings. The summed E-state index contributed by atoms with van der Waals surface area (Å²) in [6, 6.07) is 0.465. The fraction of sp³-hybridized carbons (Fsp3) is 1.00. The fourth-order valence-corrected chi connectivity index (χ4v) is 2.49. The molecule has 0 amide bonds. The molecule has 3 nitrogen and oxygen atoms in total. The van der Waals surface area contributed by atoms with Gasteiger partial charge in [0.1, 0.15) is 0 Å². The molecule has 0 aliphatic carbocycles. The molecule has 2 unspecified atom stereocenters. The second kappa shape index (κ2) is 6.73. The van der Waals surface area contributed by atoms with Crippen molar-refractivity contribution >= 4 is 0 Å². The second-order valence-electron chi connectivity index (χ2n) is 5.32. The molecule has 0 spiro atoms. The molecule has 0 saturated carbocycles. The number of aliphatic hydroxyl groups excluding tert-OH is 1. The third kappa shape index (κ3) is 6.56. The molecule has 0 aromatic heterocycles. The summed E-state index contributed by atoms with van der Waals surface area (Å²) < 4.78 is 36.6. The van der Waals surface area contributed by atoms with Crippen LogP contribution in [0.15, 0.2) is 0 Å². The number of alkyl halides is 3. The Morgan fingerprint density at radius 1 is 1.28 bits per heavy atom. The van der Waals surface area contributed by atoms with Gasteiger partial charge in [-0.2, -0.15) is 13.2 Å². The Bertz CT molecular complexity index is 238. The second-order valence-corrected chi connectivity index (χ2v) is 5.32. The third-order valence-corrected chi connectivity index (χ3v) is 3.21. The van der Waals surface area contributed by atoms with Crippen molar-refractivity contribution in [3.63, 3.8) is 0 Å². The van der Waals surface area contributed by atoms with Crippen LogP contribution in [-0.4, -0.2) is 54.0 Å². The van der Waals surface area contributed by atoms with Gasteiger partial charge in [-0.05, 0) is 46.2 Å². The first-order chi connectivity index (χ1) is 8.26. The predicted molar refractivity (Wildman–Crippen MR) is 64.4 cm³/mol. The van der Waals surface area contributed by atoms with Crippen LogP contribution in [0.1, 0.15) is 33.1 Å². The van der Waals surface area contributed by atoms with Crippen molar-refractivity contribution in [1.82, 2.24) is 10.2 Å². The van der Waals surface area contributed by atoms with E-state index in [1.54, 1.807) is 6.92 Å². The summed E-state index contributed by atoms with van der Waals surface area (Å²) in [5.74, 6) is 0. The summed E-state index contributed by atoms with van der Waals surface area (Å²) in [4.78, 5) is 1.46. The molecule has 1 aliphatic rings. The van der Waals surface area contributed by atoms with Crippen LogP contribution in [-0.2, 0) is 0 Å². The molecule has 2 atom stereocenters. The Hall–Kier alpha value is -0.330. The van der Waals surface area contributed by atoms with E-state index in [0.717, 1.165) is 12.8 Å². The van der Waals surface area contributed by atoms with E-state index in [9.17, 15) is 18.3 Å². The average molecular weight is 268 g/mol. The topological polar surface area (TPSA) is 35.5 Å². The molecule has 0 aromatic rings. The molecule has 0 radical (unpaired) electrons. The maximum atomic E-state index is 12.2. The lowest BCUT2D eigenvalue weighted by Crippen LogP contribution is -2.48. The first-order valence-electron chi connectivity index (χ1n) is 6.49. The lowest BCUT2D eigenvalue weighted by molar-refractivity contribution is -0.148. The van der Waals surface area contributed by atoms with Gasteiger partial charge in [0.2, 0.25) is 0 Å². The zero-order chi connectivity index (χ0) is 13.8. The van der Waals surface area contributed by atoms with E-state index in [1.807, 2.05) is 6.92 Å². The molecule has 0 bridgehead atoms. The molecule has 18 heavy (non-hydrogen) atoms. The number of nitrogens with zero attached hydrogens (tertiary/aromatic N) is 1. The molecular weight excluding hydrogens is 245 g/mol. The summed E-state index contributed by atoms with van der Waals surface area (Å²) in [6.45, 7) is 3.90. The molecular formula is C12H23F3N2O. The highest BCUT2D eigenvalue weighted by atomic mass is 19.4. The van der Waals surface area contributed by atoms with Crippen LogP contribution in [0.25, 0.3) is 0 Å². The predicted octanol–water partition coefficient (Wildman–Crippen LogP) is 1.76. The van der Waals surface area contributed by atoms with Gasteiger partial charge in [-0.3, -0.25) is 4.90 Å². The first-order valence-corrected chi connectivity index (χ1v) is 6.49. The number of rotatable bonds is 5. The highest BCUT2D eigenvalue weighted by Crippen LogP contribution is 2.20. The van der Waals surface area contributed by atoms with E-state index in [1.165, 1.54) is 4.90 Å². The van der Waals surface area contributed by atoms with Crippen molar-refractivity contribution in [3.8, 4) is 0 Å². The monoisotopic (exact) mass is 268 g/mol. The molecule has 1 aliphatic heterocycles. The number of likely N-dealkylation sites (tertiary alicyclic amines) is 1. The minimum Gasteiger partial charge on any atom is -0.393 e. The van der Waals surface area contributed by atoms with Gasteiger partial charge in [-0.15, -0.1) is 0 Å². The van der Waals surface area contributed by atoms with Gasteiger partial charge < -0.3 is 10.4 Å². The Kier molecular flexibility index (Phi) is 5.88. The quantitative estimate of drug-likeness (QED) is 0.797. The Labute approximate surface area is 106 Å². The van der Waals surface area contributed by atoms with Crippen LogP contribution < -0.4 is 5.32 Å². The number of halogens is 3. The van der Waals surface area contributed by atoms with Crippen molar-refractivity contribution in [2.24, 2.45) is 0 Å². The van der Waals surface area contributed by atoms with Crippen LogP contribution in [0.3, 0.4) is 0 Å². The highest BCUT2D eigenvalue weighted by Gasteiger charge is 2.32. The summed E-state index contributed by atoms with van der Waals surface area (Å²) in [6.07, 6.45) is -2.30. The molecule has 108 valence electrons. The van der Waals surface area contributed by atoms with Gasteiger partial charge in [-0.1, -0.05) is 0 Å². The highest BCUT2D eigenvalue weighted by molar-refractivity contribution is 4.80. The summed E-state index contributed by atoms with van der Waals surface area (Å²) in [5.41, 5.74) is 0. The Morgan fingerprint density at radius 3 is 2.28 bits per heavy atom. The van der Waals surface area contributed by atoms with Crippen LogP contribution in [0, 0.1) is 0 Å². The maximum Gasteiger partial charge on any atom is 0.401 e. The lowest BCUT2D eigenvalue weighted by atomic mass is 10.0. The molecule has 2 N–H and O–H groups in total. The zero-order valence-electron chi connectivity index (χ0n) is 11.0. The Morgan fingerprint density at radius 2 is 1.83 bits per heavy atom. The largest absolute Gasteiger partial charge is 0.401 e. The molecule has 0 aromatic carbocycles. The lowest BCUT2D eigenvalue weighted by Gasteiger charge is -2.34. The minimum absolute atomic E-state index is 0.198. The smallest absolute Gasteiger partial charge is 0.393 e. The van der Waals surface area contributed by atoms with E-state index >= 15 is 0 Å². The summed E-state index contributed by atoms with van der Waals surface area (Å²) in [5, 5.41) is 12.6. The number of aliphatic hydroxyl groups is 1. The van der Waals surface area contributed by atoms with Crippen LogP contribution >= 0.6 is 0 Å². The van der Waals surface area contributed by atoms with Crippen LogP contribution in [0.2, 0.25) is 0 Å². The molecule has 1 saturated heterocycles. The van der Waals surface area contributed by atoms with Crippen LogP contribution in [0.4, 0.5) is 13.2 Å². The van der Waals surface area contributed by atoms with E-state index in [4.69, 9.17) is 0 Å². The van der Waals surface area contributed by atoms with Gasteiger partial charge >= 0.3 is 6.18 Å². The van der Waals surface area contributed by atoms with Crippen molar-refractivity contribution in [2.75, 3.05) is 19.6 Å². The van der Waals surface area contributed by atoms with Gasteiger partial charge in [-0.25, -0.2) is 0 Å². The van der Waals surface area contributed by atoms with Gasteiger partial charge in [0.25, 0.3) is 0 Å². The third-order valence-electron chi connectivity index (χ3n) is 3.21. The first kappa shape index (κ1) is 15.7. The summed E-state index contributed by atoms with van der Waals surface area (Å²) >= 11 is 0. The SMILES string of the molecule is CC(O)CC(C)NC1CCN(CC(F)(F)F)CC1. The van der Waals surface area contributed by atoms with E-state index < -0.39 is 12.7 Å². The van der Waals surface area contributed by atoms with Crippen molar-refractivity contribution in [2.45, 2.75) is 57.5 Å². The molecule has 6 heteroatoms. The van der Waals surface area contributed by atoms with E-state index in [0.29, 0.717) is 19.5 Å². The number of piperidine rings is 1. The normalized spacial score (nSPS) is 23.0. The zero-order valence-corrected chi connectivity index (χ0v) is 11.0. The van der Waals surface area contributed by atoms with Crippen molar-refractivity contribution in [3.05, 3.63) is 0 Å². The molecule has 1 heterocycles. The average Bonchev–Trinajstić information content (AvgIpc) is 2.17. The van der Waals surface area contributed by atoms with Crippen molar-refractivity contribution in [1.29, 1.82) is 0 Å². The molecule has 1 rings (SSSR count). The van der Waals surface area contributed by atoms with Crippen molar-refractivity contribution < 1.29 is 18.3 Å². The minimum atomic E-state index is -4.10. The van der Waals surface area contributed by atoms with Gasteiger partial charge in [0.05, 0.1) is 12.6 Å². The van der Waals surface area contributed by atoms with Gasteiger partial charge in [0, 0.05) is 12.1 Å². The van der Waals surface area contributed by atoms with Gasteiger partial charge in [0.15, 0.2) is 0 Å². The standard InChI is InChI=1S/C12H23F3N2O/c1-9(7-10(2)18)16-11-3-5-17(6-4-11)8-12(13,14)15/h9-11,16,18H,3-8H2,1-2H3. The van der Waals surface area contributed by atoms with Crippen LogP contribution in [0.5, 0.6) is 0 Å². The maximum absolute atomic E-state index is 12.2. The Balaban J connectivity index is 2.23. The number of nitrogens with one attached hydrogen (secondary N) is 1. The number of hydrogen-bond acceptors (Lipinski definition) is 3. The summed E-state index contributed by atoms with van der Waals surface area (Å²) in [7, 11) is 0. The van der Waals surface area contributed by atoms with E-state index in [-0.39, 0.29) is 18.2 Å². The fourth-order valence-electron chi connectivity index (χ4n) is 2.49. The number of hydrogen-bond donors (Lipinski definition) is 2.